The molecule has 0 atom stereocenters. The van der Waals surface area contributed by atoms with Crippen LogP contribution in [0.2, 0.25) is 0 Å². The number of carboxylic acids is 1. The van der Waals surface area contributed by atoms with Crippen LogP contribution in [0.3, 0.4) is 0 Å². The minimum Gasteiger partial charge on any atom is -0.476 e. The highest BCUT2D eigenvalue weighted by Crippen LogP contribution is 2.10. The third kappa shape index (κ3) is 1.95. The fourth-order valence-electron chi connectivity index (χ4n) is 1.71. The van der Waals surface area contributed by atoms with Gasteiger partial charge in [0.25, 0.3) is 5.56 Å². The molecule has 20 heavy (non-hydrogen) atoms. The quantitative estimate of drug-likeness (QED) is 0.706. The predicted octanol–water partition coefficient (Wildman–Crippen LogP) is -0.272. The largest absolute Gasteiger partial charge is 0.476 e. The number of hydrogen-bond acceptors (Lipinski definition) is 7. The molecule has 3 aromatic rings. The summed E-state index contributed by atoms with van der Waals surface area (Å²) >= 11 is 1.000. The summed E-state index contributed by atoms with van der Waals surface area (Å²) in [6, 6.07) is 0. The van der Waals surface area contributed by atoms with E-state index < -0.39 is 5.97 Å². The van der Waals surface area contributed by atoms with Gasteiger partial charge in [-0.3, -0.25) is 4.79 Å². The Kier molecular flexibility index (Phi) is 2.79. The van der Waals surface area contributed by atoms with Gasteiger partial charge < -0.3 is 5.11 Å². The summed E-state index contributed by atoms with van der Waals surface area (Å²) in [5, 5.41) is 22.4. The Morgan fingerprint density at radius 2 is 2.30 bits per heavy atom. The Morgan fingerprint density at radius 3 is 3.00 bits per heavy atom. The van der Waals surface area contributed by atoms with E-state index in [0.29, 0.717) is 16.7 Å². The molecular weight excluding hydrogens is 284 g/mol. The van der Waals surface area contributed by atoms with Crippen LogP contribution in [0.5, 0.6) is 0 Å². The van der Waals surface area contributed by atoms with Crippen molar-refractivity contribution in [3.63, 3.8) is 0 Å². The second kappa shape index (κ2) is 4.49. The molecule has 3 rings (SSSR count). The van der Waals surface area contributed by atoms with E-state index in [1.165, 1.54) is 10.9 Å². The Balaban J connectivity index is 2.00. The summed E-state index contributed by atoms with van der Waals surface area (Å²) in [7, 11) is 1.67. The third-order valence-electron chi connectivity index (χ3n) is 2.67. The first-order valence-electron chi connectivity index (χ1n) is 5.49. The van der Waals surface area contributed by atoms with Crippen LogP contribution in [-0.2, 0) is 13.6 Å². The van der Waals surface area contributed by atoms with Gasteiger partial charge in [0.05, 0.1) is 18.4 Å². The van der Waals surface area contributed by atoms with E-state index in [9.17, 15) is 9.59 Å². The van der Waals surface area contributed by atoms with Crippen LogP contribution >= 0.6 is 11.3 Å². The van der Waals surface area contributed by atoms with Crippen molar-refractivity contribution in [1.82, 2.24) is 29.8 Å². The molecule has 9 nitrogen and oxygen atoms in total. The second-order valence-electron chi connectivity index (χ2n) is 4.01. The Morgan fingerprint density at radius 1 is 1.50 bits per heavy atom. The SMILES string of the molecule is Cn1ncc2c(=O)n(Cc3csc(C(=O)O)n3)nnc21. The van der Waals surface area contributed by atoms with Crippen LogP contribution in [0, 0.1) is 0 Å². The van der Waals surface area contributed by atoms with Gasteiger partial charge in [-0.05, 0) is 0 Å². The zero-order chi connectivity index (χ0) is 14.3. The average molecular weight is 292 g/mol. The van der Waals surface area contributed by atoms with E-state index in [1.54, 1.807) is 12.4 Å². The molecular formula is C10H8N6O3S. The second-order valence-corrected chi connectivity index (χ2v) is 4.86. The van der Waals surface area contributed by atoms with E-state index in [-0.39, 0.29) is 17.1 Å². The first-order valence-corrected chi connectivity index (χ1v) is 6.37. The summed E-state index contributed by atoms with van der Waals surface area (Å²) in [4.78, 5) is 26.8. The van der Waals surface area contributed by atoms with Crippen LogP contribution in [-0.4, -0.2) is 40.8 Å². The van der Waals surface area contributed by atoms with Crippen molar-refractivity contribution in [3.8, 4) is 0 Å². The number of thiazole rings is 1. The molecule has 0 saturated heterocycles. The van der Waals surface area contributed by atoms with E-state index in [2.05, 4.69) is 20.4 Å². The maximum atomic E-state index is 12.2. The lowest BCUT2D eigenvalue weighted by atomic mass is 10.4. The fourth-order valence-corrected chi connectivity index (χ4v) is 2.36. The van der Waals surface area contributed by atoms with Crippen molar-refractivity contribution in [1.29, 1.82) is 0 Å². The molecule has 0 unspecified atom stereocenters. The average Bonchev–Trinajstić information content (AvgIpc) is 3.01. The third-order valence-corrected chi connectivity index (χ3v) is 3.55. The zero-order valence-corrected chi connectivity index (χ0v) is 11.0. The Labute approximate surface area is 115 Å². The summed E-state index contributed by atoms with van der Waals surface area (Å²) in [5.74, 6) is -1.10. The van der Waals surface area contributed by atoms with E-state index in [1.807, 2.05) is 0 Å². The number of fused-ring (bicyclic) bond motifs is 1. The highest BCUT2D eigenvalue weighted by molar-refractivity contribution is 7.11. The number of nitrogens with zero attached hydrogens (tertiary/aromatic N) is 6. The van der Waals surface area contributed by atoms with Gasteiger partial charge in [0.2, 0.25) is 5.01 Å². The first kappa shape index (κ1) is 12.4. The molecule has 0 aliphatic heterocycles. The molecule has 0 fully saturated rings. The summed E-state index contributed by atoms with van der Waals surface area (Å²) in [5.41, 5.74) is 0.510. The molecule has 102 valence electrons. The number of rotatable bonds is 3. The predicted molar refractivity (Wildman–Crippen MR) is 68.7 cm³/mol. The number of carbonyl (C=O) groups is 1. The standard InChI is InChI=1S/C10H8N6O3S/c1-15-7-6(2-11-15)9(17)16(14-13-7)3-5-4-20-8(12-5)10(18)19/h2,4H,3H2,1H3,(H,18,19). The van der Waals surface area contributed by atoms with Gasteiger partial charge in [-0.25, -0.2) is 19.1 Å². The lowest BCUT2D eigenvalue weighted by Gasteiger charge is -2.00. The van der Waals surface area contributed by atoms with Gasteiger partial charge in [0, 0.05) is 12.4 Å². The van der Waals surface area contributed by atoms with Gasteiger partial charge in [-0.15, -0.1) is 16.4 Å². The van der Waals surface area contributed by atoms with Crippen LogP contribution < -0.4 is 5.56 Å². The van der Waals surface area contributed by atoms with Crippen LogP contribution in [0.25, 0.3) is 11.0 Å². The zero-order valence-electron chi connectivity index (χ0n) is 10.2. The maximum absolute atomic E-state index is 12.2. The minimum atomic E-state index is -1.10. The fraction of sp³-hybridized carbons (Fsp3) is 0.200. The molecule has 0 saturated carbocycles. The normalized spacial score (nSPS) is 11.1. The smallest absolute Gasteiger partial charge is 0.365 e. The molecule has 0 aromatic carbocycles. The molecule has 3 heterocycles. The molecule has 3 aromatic heterocycles. The van der Waals surface area contributed by atoms with E-state index in [0.717, 1.165) is 16.0 Å². The molecule has 0 amide bonds. The van der Waals surface area contributed by atoms with Crippen molar-refractivity contribution in [2.24, 2.45) is 7.05 Å². The van der Waals surface area contributed by atoms with Crippen LogP contribution in [0.1, 0.15) is 15.5 Å². The summed E-state index contributed by atoms with van der Waals surface area (Å²) < 4.78 is 2.59. The van der Waals surface area contributed by atoms with Crippen LogP contribution in [0.15, 0.2) is 16.4 Å². The number of hydrogen-bond donors (Lipinski definition) is 1. The number of aromatic nitrogens is 6. The van der Waals surface area contributed by atoms with Crippen molar-refractivity contribution >= 4 is 28.3 Å². The highest BCUT2D eigenvalue weighted by Gasteiger charge is 2.13. The van der Waals surface area contributed by atoms with E-state index >= 15 is 0 Å². The van der Waals surface area contributed by atoms with Gasteiger partial charge >= 0.3 is 5.97 Å². The molecule has 0 bridgehead atoms. The molecule has 10 heteroatoms. The molecule has 0 radical (unpaired) electrons. The van der Waals surface area contributed by atoms with Crippen molar-refractivity contribution in [3.05, 3.63) is 32.6 Å². The molecule has 0 aliphatic carbocycles. The lowest BCUT2D eigenvalue weighted by molar-refractivity contribution is 0.0696. The maximum Gasteiger partial charge on any atom is 0.365 e. The highest BCUT2D eigenvalue weighted by atomic mass is 32.1. The van der Waals surface area contributed by atoms with E-state index in [4.69, 9.17) is 5.11 Å². The van der Waals surface area contributed by atoms with Gasteiger partial charge in [-0.2, -0.15) is 5.10 Å². The first-order chi connectivity index (χ1) is 9.56. The number of aromatic carboxylic acids is 1. The van der Waals surface area contributed by atoms with Crippen molar-refractivity contribution < 1.29 is 9.90 Å². The van der Waals surface area contributed by atoms with Gasteiger partial charge in [0.1, 0.15) is 5.39 Å². The lowest BCUT2D eigenvalue weighted by Crippen LogP contribution is -2.25. The summed E-state index contributed by atoms with van der Waals surface area (Å²) in [6.07, 6.45) is 1.42. The number of carboxylic acid groups (broad SMARTS) is 1. The van der Waals surface area contributed by atoms with Crippen LogP contribution in [0.4, 0.5) is 0 Å². The minimum absolute atomic E-state index is 0.0246. The monoisotopic (exact) mass is 292 g/mol. The molecule has 0 aliphatic rings. The molecule has 1 N–H and O–H groups in total. The Bertz CT molecular complexity index is 863. The van der Waals surface area contributed by atoms with Crippen molar-refractivity contribution in [2.75, 3.05) is 0 Å². The van der Waals surface area contributed by atoms with Gasteiger partial charge in [-0.1, -0.05) is 5.21 Å². The number of aryl methyl sites for hydroxylation is 1. The topological polar surface area (TPSA) is 116 Å². The Hall–Kier alpha value is -2.62. The van der Waals surface area contributed by atoms with Crippen molar-refractivity contribution in [2.45, 2.75) is 6.54 Å². The molecule has 0 spiro atoms. The summed E-state index contributed by atoms with van der Waals surface area (Å²) in [6.45, 7) is 0.0699. The van der Waals surface area contributed by atoms with Gasteiger partial charge in [0.15, 0.2) is 5.65 Å².